The molecule has 1 aromatic heterocycles. The number of para-hydroxylation sites is 1. The van der Waals surface area contributed by atoms with Gasteiger partial charge in [0.2, 0.25) is 0 Å². The largest absolute Gasteiger partial charge is 0.272 e. The number of aromatic nitrogens is 1. The fourth-order valence-electron chi connectivity index (χ4n) is 1.27. The third-order valence-electron chi connectivity index (χ3n) is 1.92. The average molecular weight is 201 g/mol. The summed E-state index contributed by atoms with van der Waals surface area (Å²) in [4.78, 5) is 4.28. The highest BCUT2D eigenvalue weighted by atomic mass is 32.2. The number of nitrogens with zero attached hydrogens (tertiary/aromatic N) is 2. The summed E-state index contributed by atoms with van der Waals surface area (Å²) >= 11 is 1.00. The van der Waals surface area contributed by atoms with Crippen molar-refractivity contribution in [3.63, 3.8) is 0 Å². The summed E-state index contributed by atoms with van der Waals surface area (Å²) in [5.41, 5.74) is 1.38. The SMILES string of the molecule is N#Cc1cc2ccccc2nc1SN. The van der Waals surface area contributed by atoms with E-state index in [1.54, 1.807) is 6.07 Å². The summed E-state index contributed by atoms with van der Waals surface area (Å²) in [7, 11) is 0. The average Bonchev–Trinajstić information content (AvgIpc) is 2.27. The zero-order chi connectivity index (χ0) is 9.97. The van der Waals surface area contributed by atoms with Crippen molar-refractivity contribution in [2.75, 3.05) is 0 Å². The minimum Gasteiger partial charge on any atom is -0.272 e. The lowest BCUT2D eigenvalue weighted by atomic mass is 10.2. The van der Waals surface area contributed by atoms with E-state index in [-0.39, 0.29) is 0 Å². The first-order chi connectivity index (χ1) is 6.85. The van der Waals surface area contributed by atoms with Crippen molar-refractivity contribution >= 4 is 22.9 Å². The highest BCUT2D eigenvalue weighted by Gasteiger charge is 2.04. The van der Waals surface area contributed by atoms with Crippen molar-refractivity contribution in [1.82, 2.24) is 4.98 Å². The summed E-state index contributed by atoms with van der Waals surface area (Å²) in [6, 6.07) is 11.5. The van der Waals surface area contributed by atoms with Crippen LogP contribution in [0, 0.1) is 11.3 Å². The van der Waals surface area contributed by atoms with Crippen molar-refractivity contribution in [3.8, 4) is 6.07 Å². The highest BCUT2D eigenvalue weighted by Crippen LogP contribution is 2.20. The molecular weight excluding hydrogens is 194 g/mol. The van der Waals surface area contributed by atoms with Crippen LogP contribution in [0.4, 0.5) is 0 Å². The number of hydrogen-bond donors (Lipinski definition) is 1. The molecule has 68 valence electrons. The van der Waals surface area contributed by atoms with Crippen LogP contribution in [0.1, 0.15) is 5.56 Å². The van der Waals surface area contributed by atoms with E-state index in [1.807, 2.05) is 24.3 Å². The number of hydrogen-bond acceptors (Lipinski definition) is 4. The Morgan fingerprint density at radius 2 is 2.14 bits per heavy atom. The van der Waals surface area contributed by atoms with Crippen LogP contribution in [0.5, 0.6) is 0 Å². The molecule has 0 radical (unpaired) electrons. The molecule has 0 saturated carbocycles. The van der Waals surface area contributed by atoms with Crippen LogP contribution in [-0.2, 0) is 0 Å². The van der Waals surface area contributed by atoms with Gasteiger partial charge in [0.1, 0.15) is 11.1 Å². The number of nitriles is 1. The molecule has 2 aromatic rings. The van der Waals surface area contributed by atoms with Crippen LogP contribution in [-0.4, -0.2) is 4.98 Å². The molecule has 0 bridgehead atoms. The van der Waals surface area contributed by atoms with Gasteiger partial charge in [-0.2, -0.15) is 5.26 Å². The predicted molar refractivity (Wildman–Crippen MR) is 56.5 cm³/mol. The number of benzene rings is 1. The molecule has 4 heteroatoms. The van der Waals surface area contributed by atoms with Crippen LogP contribution in [0.3, 0.4) is 0 Å². The maximum Gasteiger partial charge on any atom is 0.129 e. The summed E-state index contributed by atoms with van der Waals surface area (Å²) in [6.45, 7) is 0. The lowest BCUT2D eigenvalue weighted by molar-refractivity contribution is 1.16. The van der Waals surface area contributed by atoms with Gasteiger partial charge >= 0.3 is 0 Å². The van der Waals surface area contributed by atoms with E-state index in [0.717, 1.165) is 22.9 Å². The van der Waals surface area contributed by atoms with E-state index >= 15 is 0 Å². The molecule has 0 saturated heterocycles. The Morgan fingerprint density at radius 3 is 2.86 bits per heavy atom. The van der Waals surface area contributed by atoms with Crippen molar-refractivity contribution in [2.45, 2.75) is 5.03 Å². The second-order valence-corrected chi connectivity index (χ2v) is 3.39. The molecule has 0 spiro atoms. The summed E-state index contributed by atoms with van der Waals surface area (Å²) in [6.07, 6.45) is 0. The molecule has 14 heavy (non-hydrogen) atoms. The summed E-state index contributed by atoms with van der Waals surface area (Å²) in [5.74, 6) is 0. The molecular formula is C10H7N3S. The van der Waals surface area contributed by atoms with Crippen molar-refractivity contribution < 1.29 is 0 Å². The lowest BCUT2D eigenvalue weighted by Crippen LogP contribution is -1.91. The molecule has 1 heterocycles. The van der Waals surface area contributed by atoms with Gasteiger partial charge in [-0.05, 0) is 24.1 Å². The van der Waals surface area contributed by atoms with Gasteiger partial charge in [-0.15, -0.1) is 0 Å². The van der Waals surface area contributed by atoms with Gasteiger partial charge < -0.3 is 0 Å². The quantitative estimate of drug-likeness (QED) is 0.717. The molecule has 0 amide bonds. The molecule has 0 aliphatic carbocycles. The Morgan fingerprint density at radius 1 is 1.36 bits per heavy atom. The number of fused-ring (bicyclic) bond motifs is 1. The van der Waals surface area contributed by atoms with Crippen LogP contribution < -0.4 is 5.14 Å². The fourth-order valence-corrected chi connectivity index (χ4v) is 1.65. The summed E-state index contributed by atoms with van der Waals surface area (Å²) in [5, 5.41) is 15.8. The molecule has 0 fully saturated rings. The van der Waals surface area contributed by atoms with Crippen LogP contribution >= 0.6 is 11.9 Å². The minimum atomic E-state index is 0.524. The van der Waals surface area contributed by atoms with Gasteiger partial charge in [-0.1, -0.05) is 18.2 Å². The minimum absolute atomic E-state index is 0.524. The first-order valence-electron chi connectivity index (χ1n) is 4.02. The molecule has 2 N–H and O–H groups in total. The maximum absolute atomic E-state index is 8.85. The van der Waals surface area contributed by atoms with E-state index in [9.17, 15) is 0 Å². The normalized spacial score (nSPS) is 10.0. The Kier molecular flexibility index (Phi) is 2.35. The van der Waals surface area contributed by atoms with Crippen LogP contribution in [0.25, 0.3) is 10.9 Å². The van der Waals surface area contributed by atoms with E-state index in [4.69, 9.17) is 10.4 Å². The Hall–Kier alpha value is -1.57. The second kappa shape index (κ2) is 3.66. The summed E-state index contributed by atoms with van der Waals surface area (Å²) < 4.78 is 0. The molecule has 0 atom stereocenters. The van der Waals surface area contributed by atoms with Crippen LogP contribution in [0.15, 0.2) is 35.4 Å². The van der Waals surface area contributed by atoms with Gasteiger partial charge in [0.05, 0.1) is 11.1 Å². The van der Waals surface area contributed by atoms with Gasteiger partial charge in [0, 0.05) is 5.39 Å². The van der Waals surface area contributed by atoms with E-state index in [1.165, 1.54) is 0 Å². The third kappa shape index (κ3) is 1.43. The van der Waals surface area contributed by atoms with Crippen molar-refractivity contribution in [2.24, 2.45) is 5.14 Å². The number of rotatable bonds is 1. The molecule has 1 aromatic carbocycles. The second-order valence-electron chi connectivity index (χ2n) is 2.76. The number of pyridine rings is 1. The van der Waals surface area contributed by atoms with Crippen molar-refractivity contribution in [3.05, 3.63) is 35.9 Å². The first kappa shape index (κ1) is 9.00. The first-order valence-corrected chi connectivity index (χ1v) is 4.90. The number of nitrogens with two attached hydrogens (primary N) is 1. The highest BCUT2D eigenvalue weighted by molar-refractivity contribution is 7.97. The molecule has 3 nitrogen and oxygen atoms in total. The van der Waals surface area contributed by atoms with E-state index < -0.39 is 0 Å². The maximum atomic E-state index is 8.85. The smallest absolute Gasteiger partial charge is 0.129 e. The van der Waals surface area contributed by atoms with Gasteiger partial charge in [-0.3, -0.25) is 5.14 Å². The Balaban J connectivity index is 2.77. The van der Waals surface area contributed by atoms with E-state index in [2.05, 4.69) is 11.1 Å². The third-order valence-corrected chi connectivity index (χ3v) is 2.46. The fraction of sp³-hybridized carbons (Fsp3) is 0. The Labute approximate surface area is 85.7 Å². The molecule has 0 aliphatic rings. The van der Waals surface area contributed by atoms with Crippen molar-refractivity contribution in [1.29, 1.82) is 5.26 Å². The molecule has 2 rings (SSSR count). The topological polar surface area (TPSA) is 62.7 Å². The monoisotopic (exact) mass is 201 g/mol. The van der Waals surface area contributed by atoms with Gasteiger partial charge in [0.25, 0.3) is 0 Å². The molecule has 0 aliphatic heterocycles. The molecule has 0 unspecified atom stereocenters. The lowest BCUT2D eigenvalue weighted by Gasteiger charge is -2.01. The van der Waals surface area contributed by atoms with Gasteiger partial charge in [0.15, 0.2) is 0 Å². The zero-order valence-corrected chi connectivity index (χ0v) is 8.08. The predicted octanol–water partition coefficient (Wildman–Crippen LogP) is 2.07. The Bertz CT molecular complexity index is 516. The van der Waals surface area contributed by atoms with Crippen LogP contribution in [0.2, 0.25) is 0 Å². The standard InChI is InChI=1S/C10H7N3S/c11-6-8-5-7-3-1-2-4-9(7)13-10(8)14-12/h1-5H,12H2. The van der Waals surface area contributed by atoms with Gasteiger partial charge in [-0.25, -0.2) is 4.98 Å². The van der Waals surface area contributed by atoms with E-state index in [0.29, 0.717) is 10.6 Å². The zero-order valence-electron chi connectivity index (χ0n) is 7.27.